The van der Waals surface area contributed by atoms with Gasteiger partial charge in [-0.1, -0.05) is 19.1 Å². The SMILES string of the molecule is CCCN(CC(=O)O)CC(=O)N(C)C(C)c1ccc(F)cc1. The molecule has 122 valence electrons. The number of amides is 1. The average molecular weight is 310 g/mol. The number of aliphatic carboxylic acids is 1. The van der Waals surface area contributed by atoms with Gasteiger partial charge >= 0.3 is 5.97 Å². The van der Waals surface area contributed by atoms with Crippen LogP contribution in [0.5, 0.6) is 0 Å². The molecular weight excluding hydrogens is 287 g/mol. The topological polar surface area (TPSA) is 60.9 Å². The number of rotatable bonds is 8. The maximum atomic E-state index is 12.9. The smallest absolute Gasteiger partial charge is 0.317 e. The summed E-state index contributed by atoms with van der Waals surface area (Å²) in [7, 11) is 1.67. The zero-order valence-electron chi connectivity index (χ0n) is 13.3. The minimum atomic E-state index is -0.949. The number of benzene rings is 1. The van der Waals surface area contributed by atoms with E-state index in [-0.39, 0.29) is 30.9 Å². The maximum Gasteiger partial charge on any atom is 0.317 e. The van der Waals surface area contributed by atoms with Crippen molar-refractivity contribution in [3.63, 3.8) is 0 Å². The Bertz CT molecular complexity index is 505. The van der Waals surface area contributed by atoms with Crippen molar-refractivity contribution < 1.29 is 19.1 Å². The highest BCUT2D eigenvalue weighted by molar-refractivity contribution is 5.79. The Morgan fingerprint density at radius 3 is 2.32 bits per heavy atom. The molecule has 1 amide bonds. The fourth-order valence-electron chi connectivity index (χ4n) is 2.21. The number of hydrogen-bond donors (Lipinski definition) is 1. The van der Waals surface area contributed by atoms with Crippen molar-refractivity contribution in [3.8, 4) is 0 Å². The van der Waals surface area contributed by atoms with Gasteiger partial charge in [-0.25, -0.2) is 4.39 Å². The van der Waals surface area contributed by atoms with Crippen molar-refractivity contribution >= 4 is 11.9 Å². The van der Waals surface area contributed by atoms with E-state index in [2.05, 4.69) is 0 Å². The van der Waals surface area contributed by atoms with Gasteiger partial charge in [0, 0.05) is 7.05 Å². The monoisotopic (exact) mass is 310 g/mol. The molecule has 1 aromatic rings. The second kappa shape index (κ2) is 8.48. The minimum Gasteiger partial charge on any atom is -0.480 e. The Kier molecular flexibility index (Phi) is 6.98. The van der Waals surface area contributed by atoms with E-state index in [1.165, 1.54) is 12.1 Å². The van der Waals surface area contributed by atoms with Crippen molar-refractivity contribution in [2.24, 2.45) is 0 Å². The van der Waals surface area contributed by atoms with Crippen LogP contribution in [0.2, 0.25) is 0 Å². The molecule has 5 nitrogen and oxygen atoms in total. The molecule has 1 N–H and O–H groups in total. The van der Waals surface area contributed by atoms with Crippen molar-refractivity contribution in [1.82, 2.24) is 9.80 Å². The molecule has 0 bridgehead atoms. The number of likely N-dealkylation sites (N-methyl/N-ethyl adjacent to an activating group) is 1. The van der Waals surface area contributed by atoms with Crippen molar-refractivity contribution in [1.29, 1.82) is 0 Å². The third-order valence-electron chi connectivity index (χ3n) is 3.58. The summed E-state index contributed by atoms with van der Waals surface area (Å²) in [6.45, 7) is 4.24. The first kappa shape index (κ1) is 18.1. The first-order valence-corrected chi connectivity index (χ1v) is 7.30. The highest BCUT2D eigenvalue weighted by Crippen LogP contribution is 2.19. The van der Waals surface area contributed by atoms with Gasteiger partial charge in [0.25, 0.3) is 0 Å². The van der Waals surface area contributed by atoms with Crippen LogP contribution in [0, 0.1) is 5.82 Å². The molecule has 0 spiro atoms. The van der Waals surface area contributed by atoms with Gasteiger partial charge in [0.1, 0.15) is 5.82 Å². The highest BCUT2D eigenvalue weighted by atomic mass is 19.1. The van der Waals surface area contributed by atoms with Crippen LogP contribution in [0.4, 0.5) is 4.39 Å². The lowest BCUT2D eigenvalue weighted by atomic mass is 10.1. The largest absolute Gasteiger partial charge is 0.480 e. The summed E-state index contributed by atoms with van der Waals surface area (Å²) >= 11 is 0. The van der Waals surface area contributed by atoms with E-state index in [1.807, 2.05) is 13.8 Å². The molecule has 0 saturated heterocycles. The van der Waals surface area contributed by atoms with Crippen molar-refractivity contribution in [3.05, 3.63) is 35.6 Å². The molecule has 0 saturated carbocycles. The van der Waals surface area contributed by atoms with E-state index in [1.54, 1.807) is 29.0 Å². The zero-order valence-corrected chi connectivity index (χ0v) is 13.3. The van der Waals surface area contributed by atoms with Gasteiger partial charge in [-0.2, -0.15) is 0 Å². The Morgan fingerprint density at radius 2 is 1.82 bits per heavy atom. The van der Waals surface area contributed by atoms with Gasteiger partial charge in [-0.3, -0.25) is 14.5 Å². The highest BCUT2D eigenvalue weighted by Gasteiger charge is 2.20. The molecule has 6 heteroatoms. The van der Waals surface area contributed by atoms with Crippen LogP contribution in [0.1, 0.15) is 31.9 Å². The van der Waals surface area contributed by atoms with E-state index in [0.29, 0.717) is 6.54 Å². The molecule has 0 fully saturated rings. The summed E-state index contributed by atoms with van der Waals surface area (Å²) in [4.78, 5) is 26.3. The van der Waals surface area contributed by atoms with E-state index in [0.717, 1.165) is 12.0 Å². The summed E-state index contributed by atoms with van der Waals surface area (Å²) in [6, 6.07) is 5.80. The quantitative estimate of drug-likeness (QED) is 0.799. The van der Waals surface area contributed by atoms with Gasteiger partial charge in [-0.15, -0.1) is 0 Å². The number of carbonyl (C=O) groups is 2. The van der Waals surface area contributed by atoms with Crippen LogP contribution < -0.4 is 0 Å². The van der Waals surface area contributed by atoms with E-state index in [4.69, 9.17) is 5.11 Å². The molecule has 1 rings (SSSR count). The van der Waals surface area contributed by atoms with Crippen molar-refractivity contribution in [2.45, 2.75) is 26.3 Å². The molecule has 0 aliphatic heterocycles. The molecule has 1 atom stereocenters. The van der Waals surface area contributed by atoms with Crippen LogP contribution in [0.15, 0.2) is 24.3 Å². The molecule has 0 radical (unpaired) electrons. The van der Waals surface area contributed by atoms with Gasteiger partial charge in [0.15, 0.2) is 0 Å². The van der Waals surface area contributed by atoms with Crippen LogP contribution in [-0.4, -0.2) is 53.5 Å². The zero-order chi connectivity index (χ0) is 16.7. The fraction of sp³-hybridized carbons (Fsp3) is 0.500. The Labute approximate surface area is 130 Å². The van der Waals surface area contributed by atoms with E-state index >= 15 is 0 Å². The van der Waals surface area contributed by atoms with Crippen molar-refractivity contribution in [2.75, 3.05) is 26.7 Å². The number of nitrogens with zero attached hydrogens (tertiary/aromatic N) is 2. The van der Waals surface area contributed by atoms with Gasteiger partial charge < -0.3 is 10.0 Å². The third-order valence-corrected chi connectivity index (χ3v) is 3.58. The summed E-state index contributed by atoms with van der Waals surface area (Å²) in [5, 5.41) is 8.87. The van der Waals surface area contributed by atoms with Gasteiger partial charge in [0.05, 0.1) is 19.1 Å². The third kappa shape index (κ3) is 5.44. The molecular formula is C16H23FN2O3. The predicted molar refractivity (Wildman–Crippen MR) is 82.0 cm³/mol. The maximum absolute atomic E-state index is 12.9. The molecule has 0 aliphatic rings. The number of carboxylic acids is 1. The van der Waals surface area contributed by atoms with E-state index in [9.17, 15) is 14.0 Å². The summed E-state index contributed by atoms with van der Waals surface area (Å²) < 4.78 is 12.9. The standard InChI is InChI=1S/C16H23FN2O3/c1-4-9-19(11-16(21)22)10-15(20)18(3)12(2)13-5-7-14(17)8-6-13/h5-8,12H,4,9-11H2,1-3H3,(H,21,22). The van der Waals surface area contributed by atoms with Gasteiger partial charge in [-0.05, 0) is 37.6 Å². The minimum absolute atomic E-state index is 0.0577. The average Bonchev–Trinajstić information content (AvgIpc) is 2.46. The normalized spacial score (nSPS) is 12.2. The van der Waals surface area contributed by atoms with Crippen LogP contribution in [-0.2, 0) is 9.59 Å². The number of carbonyl (C=O) groups excluding carboxylic acids is 1. The lowest BCUT2D eigenvalue weighted by Gasteiger charge is -2.28. The van der Waals surface area contributed by atoms with Gasteiger partial charge in [0.2, 0.25) is 5.91 Å². The number of carboxylic acid groups (broad SMARTS) is 1. The second-order valence-corrected chi connectivity index (χ2v) is 5.34. The Hall–Kier alpha value is -1.95. The fourth-order valence-corrected chi connectivity index (χ4v) is 2.21. The molecule has 0 aromatic heterocycles. The second-order valence-electron chi connectivity index (χ2n) is 5.34. The molecule has 0 aliphatic carbocycles. The lowest BCUT2D eigenvalue weighted by Crippen LogP contribution is -2.41. The van der Waals surface area contributed by atoms with Crippen LogP contribution in [0.25, 0.3) is 0 Å². The molecule has 1 aromatic carbocycles. The number of hydrogen-bond acceptors (Lipinski definition) is 3. The van der Waals surface area contributed by atoms with Crippen LogP contribution >= 0.6 is 0 Å². The van der Waals surface area contributed by atoms with E-state index < -0.39 is 5.97 Å². The summed E-state index contributed by atoms with van der Waals surface area (Å²) in [5.41, 5.74) is 0.831. The lowest BCUT2D eigenvalue weighted by molar-refractivity contribution is -0.139. The summed E-state index contributed by atoms with van der Waals surface area (Å²) in [5.74, 6) is -1.43. The molecule has 22 heavy (non-hydrogen) atoms. The molecule has 0 heterocycles. The Balaban J connectivity index is 2.69. The Morgan fingerprint density at radius 1 is 1.23 bits per heavy atom. The van der Waals surface area contributed by atoms with Crippen LogP contribution in [0.3, 0.4) is 0 Å². The number of halogens is 1. The molecule has 1 unspecified atom stereocenters. The first-order chi connectivity index (χ1) is 10.3. The predicted octanol–water partition coefficient (Wildman–Crippen LogP) is 2.14. The summed E-state index contributed by atoms with van der Waals surface area (Å²) in [6.07, 6.45) is 0.776. The first-order valence-electron chi connectivity index (χ1n) is 7.30.